The SMILES string of the molecule is CC(=O)Nc1c[nH]c2nccc(N3CCN(C(=O)C(CNC(C)C)c4ccc(Cl)cc4)CC3)c12. The van der Waals surface area contributed by atoms with Gasteiger partial charge >= 0.3 is 0 Å². The molecule has 4 rings (SSSR count). The number of aromatic amines is 1. The Morgan fingerprint density at radius 3 is 2.47 bits per heavy atom. The summed E-state index contributed by atoms with van der Waals surface area (Å²) in [7, 11) is 0. The van der Waals surface area contributed by atoms with Crippen LogP contribution >= 0.6 is 11.6 Å². The van der Waals surface area contributed by atoms with E-state index in [-0.39, 0.29) is 23.8 Å². The number of H-pyrrole nitrogens is 1. The van der Waals surface area contributed by atoms with Crippen LogP contribution in [0.3, 0.4) is 0 Å². The van der Waals surface area contributed by atoms with Crippen LogP contribution in [0.5, 0.6) is 0 Å². The first-order valence-corrected chi connectivity index (χ1v) is 12.0. The lowest BCUT2D eigenvalue weighted by atomic mass is 9.96. The summed E-state index contributed by atoms with van der Waals surface area (Å²) in [5.74, 6) is -0.278. The van der Waals surface area contributed by atoms with Crippen LogP contribution in [-0.4, -0.2) is 65.4 Å². The van der Waals surface area contributed by atoms with E-state index in [1.807, 2.05) is 35.2 Å². The number of carbonyl (C=O) groups is 2. The molecule has 1 aliphatic heterocycles. The molecule has 9 heteroatoms. The van der Waals surface area contributed by atoms with Crippen molar-refractivity contribution in [3.63, 3.8) is 0 Å². The van der Waals surface area contributed by atoms with E-state index in [0.717, 1.165) is 22.3 Å². The minimum Gasteiger partial charge on any atom is -0.367 e. The highest BCUT2D eigenvalue weighted by atomic mass is 35.5. The van der Waals surface area contributed by atoms with Gasteiger partial charge in [0.15, 0.2) is 0 Å². The number of halogens is 1. The zero-order valence-electron chi connectivity index (χ0n) is 19.8. The molecular weight excluding hydrogens is 452 g/mol. The molecule has 3 aromatic rings. The number of nitrogens with zero attached hydrogens (tertiary/aromatic N) is 3. The third-order valence-corrected chi connectivity index (χ3v) is 6.35. The summed E-state index contributed by atoms with van der Waals surface area (Å²) in [4.78, 5) is 36.9. The predicted octanol–water partition coefficient (Wildman–Crippen LogP) is 3.61. The van der Waals surface area contributed by atoms with Gasteiger partial charge in [-0.2, -0.15) is 0 Å². The number of rotatable bonds is 7. The maximum atomic E-state index is 13.6. The van der Waals surface area contributed by atoms with Gasteiger partial charge in [0, 0.05) is 63.1 Å². The van der Waals surface area contributed by atoms with Gasteiger partial charge in [0.2, 0.25) is 11.8 Å². The number of anilines is 2. The number of hydrogen-bond acceptors (Lipinski definition) is 5. The summed E-state index contributed by atoms with van der Waals surface area (Å²) >= 11 is 6.07. The second-order valence-electron chi connectivity index (χ2n) is 8.92. The maximum Gasteiger partial charge on any atom is 0.231 e. The van der Waals surface area contributed by atoms with Crippen LogP contribution in [0, 0.1) is 0 Å². The standard InChI is InChI=1S/C25H31ClN6O2/c1-16(2)28-14-20(18-4-6-19(26)7-5-18)25(34)32-12-10-31(11-13-32)22-8-9-27-24-23(22)21(15-29-24)30-17(3)33/h4-9,15-16,20,28H,10-14H2,1-3H3,(H,27,29)(H,30,33). The Kier molecular flexibility index (Phi) is 7.38. The number of nitrogens with one attached hydrogen (secondary N) is 3. The zero-order valence-corrected chi connectivity index (χ0v) is 20.5. The van der Waals surface area contributed by atoms with Gasteiger partial charge in [-0.05, 0) is 23.8 Å². The van der Waals surface area contributed by atoms with Crippen molar-refractivity contribution in [1.29, 1.82) is 0 Å². The Morgan fingerprint density at radius 2 is 1.82 bits per heavy atom. The van der Waals surface area contributed by atoms with Crippen molar-refractivity contribution in [3.8, 4) is 0 Å². The molecule has 1 unspecified atom stereocenters. The summed E-state index contributed by atoms with van der Waals surface area (Å²) < 4.78 is 0. The third-order valence-electron chi connectivity index (χ3n) is 6.09. The van der Waals surface area contributed by atoms with Crippen LogP contribution in [0.4, 0.5) is 11.4 Å². The lowest BCUT2D eigenvalue weighted by Gasteiger charge is -2.38. The van der Waals surface area contributed by atoms with Crippen LogP contribution in [-0.2, 0) is 9.59 Å². The Bertz CT molecular complexity index is 1150. The summed E-state index contributed by atoms with van der Waals surface area (Å²) in [6.07, 6.45) is 3.53. The summed E-state index contributed by atoms with van der Waals surface area (Å²) in [6, 6.07) is 9.79. The first-order chi connectivity index (χ1) is 16.3. The summed E-state index contributed by atoms with van der Waals surface area (Å²) in [6.45, 7) is 8.85. The van der Waals surface area contributed by atoms with E-state index >= 15 is 0 Å². The van der Waals surface area contributed by atoms with Crippen LogP contribution in [0.15, 0.2) is 42.7 Å². The van der Waals surface area contributed by atoms with E-state index in [2.05, 4.69) is 39.3 Å². The number of piperazine rings is 1. The first kappa shape index (κ1) is 24.0. The predicted molar refractivity (Wildman–Crippen MR) is 137 cm³/mol. The average molecular weight is 483 g/mol. The minimum absolute atomic E-state index is 0.121. The number of aromatic nitrogens is 2. The zero-order chi connectivity index (χ0) is 24.2. The molecule has 1 atom stereocenters. The molecule has 0 bridgehead atoms. The van der Waals surface area contributed by atoms with Gasteiger partial charge in [-0.1, -0.05) is 37.6 Å². The molecule has 1 aromatic carbocycles. The van der Waals surface area contributed by atoms with Crippen LogP contribution < -0.4 is 15.5 Å². The van der Waals surface area contributed by atoms with Crippen molar-refractivity contribution < 1.29 is 9.59 Å². The molecule has 2 aromatic heterocycles. The second-order valence-corrected chi connectivity index (χ2v) is 9.35. The quantitative estimate of drug-likeness (QED) is 0.478. The molecule has 0 spiro atoms. The lowest BCUT2D eigenvalue weighted by molar-refractivity contribution is -0.133. The largest absolute Gasteiger partial charge is 0.367 e. The Labute approximate surface area is 204 Å². The molecule has 1 saturated heterocycles. The fourth-order valence-electron chi connectivity index (χ4n) is 4.38. The Hall–Kier alpha value is -3.10. The van der Waals surface area contributed by atoms with Crippen molar-refractivity contribution >= 4 is 45.8 Å². The van der Waals surface area contributed by atoms with E-state index in [9.17, 15) is 9.59 Å². The van der Waals surface area contributed by atoms with E-state index in [0.29, 0.717) is 43.4 Å². The van der Waals surface area contributed by atoms with Crippen molar-refractivity contribution in [2.24, 2.45) is 0 Å². The Morgan fingerprint density at radius 1 is 1.12 bits per heavy atom. The molecule has 1 aliphatic rings. The van der Waals surface area contributed by atoms with Gasteiger partial charge < -0.3 is 25.4 Å². The number of benzene rings is 1. The highest BCUT2D eigenvalue weighted by Crippen LogP contribution is 2.33. The van der Waals surface area contributed by atoms with E-state index in [1.54, 1.807) is 12.4 Å². The maximum absolute atomic E-state index is 13.6. The van der Waals surface area contributed by atoms with Gasteiger partial charge in [-0.3, -0.25) is 9.59 Å². The van der Waals surface area contributed by atoms with Gasteiger partial charge in [0.1, 0.15) is 5.65 Å². The van der Waals surface area contributed by atoms with E-state index in [4.69, 9.17) is 11.6 Å². The molecule has 2 amide bonds. The van der Waals surface area contributed by atoms with Crippen molar-refractivity contribution in [3.05, 3.63) is 53.3 Å². The van der Waals surface area contributed by atoms with Crippen LogP contribution in [0.25, 0.3) is 11.0 Å². The average Bonchev–Trinajstić information content (AvgIpc) is 3.22. The van der Waals surface area contributed by atoms with Crippen molar-refractivity contribution in [2.75, 3.05) is 42.9 Å². The minimum atomic E-state index is -0.269. The topological polar surface area (TPSA) is 93.4 Å². The highest BCUT2D eigenvalue weighted by Gasteiger charge is 2.29. The normalized spacial score (nSPS) is 15.1. The number of hydrogen-bond donors (Lipinski definition) is 3. The Balaban J connectivity index is 1.50. The number of pyridine rings is 1. The smallest absolute Gasteiger partial charge is 0.231 e. The molecule has 0 aliphatic carbocycles. The number of amides is 2. The molecule has 0 radical (unpaired) electrons. The van der Waals surface area contributed by atoms with E-state index in [1.165, 1.54) is 6.92 Å². The molecule has 34 heavy (non-hydrogen) atoms. The molecular formula is C25H31ClN6O2. The van der Waals surface area contributed by atoms with Crippen molar-refractivity contribution in [2.45, 2.75) is 32.7 Å². The van der Waals surface area contributed by atoms with Crippen LogP contribution in [0.2, 0.25) is 5.02 Å². The first-order valence-electron chi connectivity index (χ1n) is 11.6. The number of fused-ring (bicyclic) bond motifs is 1. The lowest BCUT2D eigenvalue weighted by Crippen LogP contribution is -2.51. The fraction of sp³-hybridized carbons (Fsp3) is 0.400. The highest BCUT2D eigenvalue weighted by molar-refractivity contribution is 6.30. The van der Waals surface area contributed by atoms with Gasteiger partial charge in [-0.15, -0.1) is 0 Å². The molecule has 3 N–H and O–H groups in total. The second kappa shape index (κ2) is 10.4. The molecule has 3 heterocycles. The van der Waals surface area contributed by atoms with Gasteiger partial charge in [0.25, 0.3) is 0 Å². The fourth-order valence-corrected chi connectivity index (χ4v) is 4.50. The number of carbonyl (C=O) groups excluding carboxylic acids is 2. The van der Waals surface area contributed by atoms with Crippen molar-refractivity contribution in [1.82, 2.24) is 20.2 Å². The molecule has 8 nitrogen and oxygen atoms in total. The van der Waals surface area contributed by atoms with Gasteiger partial charge in [0.05, 0.1) is 22.7 Å². The molecule has 0 saturated carbocycles. The monoisotopic (exact) mass is 482 g/mol. The molecule has 1 fully saturated rings. The molecule has 180 valence electrons. The van der Waals surface area contributed by atoms with E-state index < -0.39 is 0 Å². The third kappa shape index (κ3) is 5.34. The summed E-state index contributed by atoms with van der Waals surface area (Å²) in [5, 5.41) is 7.84. The summed E-state index contributed by atoms with van der Waals surface area (Å²) in [5.41, 5.74) is 3.40. The van der Waals surface area contributed by atoms with Gasteiger partial charge in [-0.25, -0.2) is 4.98 Å². The van der Waals surface area contributed by atoms with Crippen LogP contribution in [0.1, 0.15) is 32.3 Å².